The number of pyridine rings is 1. The van der Waals surface area contributed by atoms with Crippen LogP contribution in [0.1, 0.15) is 66.5 Å². The molecule has 3 aliphatic rings. The number of aliphatic imine (C=N–C) groups is 1. The van der Waals surface area contributed by atoms with E-state index in [-0.39, 0.29) is 41.7 Å². The number of para-hydroxylation sites is 1. The first-order chi connectivity index (χ1) is 21.7. The van der Waals surface area contributed by atoms with Crippen LogP contribution in [0.25, 0.3) is 0 Å². The number of amides is 1. The van der Waals surface area contributed by atoms with Crippen LogP contribution in [0, 0.1) is 11.6 Å². The third kappa shape index (κ3) is 6.18. The minimum atomic E-state index is -0.636. The fraction of sp³-hybridized carbons (Fsp3) is 0.500. The molecule has 0 aliphatic carbocycles. The summed E-state index contributed by atoms with van der Waals surface area (Å²) in [5, 5.41) is 0. The van der Waals surface area contributed by atoms with Gasteiger partial charge in [0.05, 0.1) is 25.0 Å². The minimum absolute atomic E-state index is 0.115. The Morgan fingerprint density at radius 3 is 2.43 bits per heavy atom. The third-order valence-corrected chi connectivity index (χ3v) is 8.42. The Labute approximate surface area is 269 Å². The van der Waals surface area contributed by atoms with E-state index in [0.29, 0.717) is 49.0 Å². The maximum atomic E-state index is 15.8. The van der Waals surface area contributed by atoms with Crippen LogP contribution >= 0.6 is 0 Å². The number of piperazine rings is 1. The number of rotatable bonds is 4. The molecule has 5 rings (SSSR count). The largest absolute Gasteiger partial charge is 0.494 e. The molecule has 0 N–H and O–H groups in total. The van der Waals surface area contributed by atoms with Gasteiger partial charge in [0, 0.05) is 43.5 Å². The lowest BCUT2D eigenvalue weighted by Crippen LogP contribution is -2.61. The predicted molar refractivity (Wildman–Crippen MR) is 173 cm³/mol. The monoisotopic (exact) mass is 636 g/mol. The fourth-order valence-corrected chi connectivity index (χ4v) is 6.33. The summed E-state index contributed by atoms with van der Waals surface area (Å²) in [7, 11) is 1.48. The Morgan fingerprint density at radius 1 is 1.07 bits per heavy atom. The average Bonchev–Trinajstić information content (AvgIpc) is 3.00. The smallest absolute Gasteiger partial charge is 0.410 e. The molecular weight excluding hydrogens is 594 g/mol. The van der Waals surface area contributed by atoms with Crippen molar-refractivity contribution in [1.29, 1.82) is 0 Å². The second kappa shape index (κ2) is 12.7. The first-order valence-corrected chi connectivity index (χ1v) is 15.6. The summed E-state index contributed by atoms with van der Waals surface area (Å²) in [5.74, 6) is 1.56. The van der Waals surface area contributed by atoms with E-state index >= 15 is 8.78 Å². The van der Waals surface area contributed by atoms with Crippen LogP contribution in [0.5, 0.6) is 5.75 Å². The summed E-state index contributed by atoms with van der Waals surface area (Å²) in [6.45, 7) is 14.6. The summed E-state index contributed by atoms with van der Waals surface area (Å²) in [6.07, 6.45) is 1.43. The lowest BCUT2D eigenvalue weighted by Gasteiger charge is -2.48. The molecule has 4 heterocycles. The van der Waals surface area contributed by atoms with Gasteiger partial charge in [-0.25, -0.2) is 23.4 Å². The Balaban J connectivity index is 1.62. The number of halogens is 2. The molecule has 12 heteroatoms. The van der Waals surface area contributed by atoms with Gasteiger partial charge >= 0.3 is 6.09 Å². The maximum absolute atomic E-state index is 15.8. The van der Waals surface area contributed by atoms with Crippen LogP contribution in [0.3, 0.4) is 0 Å². The number of anilines is 2. The van der Waals surface area contributed by atoms with Crippen LogP contribution in [-0.4, -0.2) is 83.6 Å². The molecule has 246 valence electrons. The lowest BCUT2D eigenvalue weighted by molar-refractivity contribution is 0.000427. The molecule has 1 fully saturated rings. The van der Waals surface area contributed by atoms with Crippen molar-refractivity contribution in [1.82, 2.24) is 14.8 Å². The van der Waals surface area contributed by atoms with Gasteiger partial charge in [-0.05, 0) is 65.2 Å². The van der Waals surface area contributed by atoms with E-state index in [4.69, 9.17) is 14.5 Å². The van der Waals surface area contributed by atoms with Crippen molar-refractivity contribution in [3.63, 3.8) is 0 Å². The van der Waals surface area contributed by atoms with Gasteiger partial charge in [0.2, 0.25) is 5.82 Å². The van der Waals surface area contributed by atoms with Gasteiger partial charge in [0.25, 0.3) is 0 Å². The second-order valence-electron chi connectivity index (χ2n) is 13.2. The van der Waals surface area contributed by atoms with Gasteiger partial charge in [-0.15, -0.1) is 0 Å². The molecule has 1 aromatic heterocycles. The molecule has 0 bridgehead atoms. The zero-order chi connectivity index (χ0) is 33.5. The molecule has 0 radical (unpaired) electrons. The van der Waals surface area contributed by atoms with Crippen molar-refractivity contribution in [3.05, 3.63) is 64.9 Å². The molecule has 2 atom stereocenters. The molecule has 1 amide bonds. The quantitative estimate of drug-likeness (QED) is 0.385. The summed E-state index contributed by atoms with van der Waals surface area (Å²) < 4.78 is 42.3. The van der Waals surface area contributed by atoms with Gasteiger partial charge in [0.15, 0.2) is 11.8 Å². The number of benzene rings is 1. The van der Waals surface area contributed by atoms with Crippen LogP contribution in [0.4, 0.5) is 25.0 Å². The van der Waals surface area contributed by atoms with Gasteiger partial charge in [-0.1, -0.05) is 19.9 Å². The van der Waals surface area contributed by atoms with Crippen molar-refractivity contribution >= 4 is 29.2 Å². The van der Waals surface area contributed by atoms with E-state index in [2.05, 4.69) is 9.88 Å². The fourth-order valence-electron chi connectivity index (χ4n) is 6.33. The average molecular weight is 637 g/mol. The standard InChI is InChI=1S/C34H42F2N6O4/c1-20(2)29-31(25(36)12-14-37-29)42-26-18-39(30-24(35)10-9-11-27(30)45-8)15-13-23(26)32(38-28(42)19-43)40-16-22(4)41(17-21(40)3)33(44)46-34(5,6)7/h9-12,14,20-22H,13,15-18H2,1-8H3/t21-,22+/m0/s1. The highest BCUT2D eigenvalue weighted by Gasteiger charge is 2.42. The van der Waals surface area contributed by atoms with E-state index in [1.54, 1.807) is 17.0 Å². The molecule has 1 aromatic carbocycles. The first kappa shape index (κ1) is 32.9. The molecule has 0 unspecified atom stereocenters. The molecule has 0 saturated carbocycles. The molecule has 1 saturated heterocycles. The number of carbonyl (C=O) groups excluding carboxylic acids is 2. The Morgan fingerprint density at radius 2 is 1.78 bits per heavy atom. The van der Waals surface area contributed by atoms with E-state index < -0.39 is 23.3 Å². The van der Waals surface area contributed by atoms with Gasteiger partial charge in [-0.2, -0.15) is 0 Å². The molecular formula is C34H42F2N6O4. The van der Waals surface area contributed by atoms with E-state index in [1.165, 1.54) is 30.3 Å². The van der Waals surface area contributed by atoms with Crippen molar-refractivity contribution in [2.45, 2.75) is 78.5 Å². The summed E-state index contributed by atoms with van der Waals surface area (Å²) >= 11 is 0. The number of hydrogen-bond donors (Lipinski definition) is 0. The van der Waals surface area contributed by atoms with Crippen molar-refractivity contribution in [2.75, 3.05) is 43.1 Å². The van der Waals surface area contributed by atoms with E-state index in [1.807, 2.05) is 59.3 Å². The Bertz CT molecular complexity index is 1630. The number of methoxy groups -OCH3 is 1. The Hall–Kier alpha value is -4.44. The molecule has 0 spiro atoms. The van der Waals surface area contributed by atoms with Crippen LogP contribution < -0.4 is 14.5 Å². The van der Waals surface area contributed by atoms with Gasteiger partial charge in [-0.3, -0.25) is 9.88 Å². The molecule has 2 aromatic rings. The molecule has 3 aliphatic heterocycles. The number of aromatic nitrogens is 1. The Kier molecular flexibility index (Phi) is 9.13. The zero-order valence-electron chi connectivity index (χ0n) is 27.7. The highest BCUT2D eigenvalue weighted by molar-refractivity contribution is 6.04. The van der Waals surface area contributed by atoms with Crippen molar-refractivity contribution < 1.29 is 27.8 Å². The number of hydrogen-bond acceptors (Lipinski definition) is 9. The highest BCUT2D eigenvalue weighted by Crippen LogP contribution is 2.42. The van der Waals surface area contributed by atoms with E-state index in [9.17, 15) is 9.59 Å². The van der Waals surface area contributed by atoms with Crippen molar-refractivity contribution in [2.24, 2.45) is 4.99 Å². The van der Waals surface area contributed by atoms with Crippen LogP contribution in [0.2, 0.25) is 0 Å². The minimum Gasteiger partial charge on any atom is -0.494 e. The normalized spacial score (nSPS) is 20.5. The predicted octanol–water partition coefficient (Wildman–Crippen LogP) is 5.88. The first-order valence-electron chi connectivity index (χ1n) is 15.6. The summed E-state index contributed by atoms with van der Waals surface area (Å²) in [5.41, 5.74) is 1.58. The number of amidine groups is 1. The number of carbonyl (C=O) groups is 1. The van der Waals surface area contributed by atoms with E-state index in [0.717, 1.165) is 5.57 Å². The number of ether oxygens (including phenoxy) is 2. The van der Waals surface area contributed by atoms with Crippen LogP contribution in [0.15, 0.2) is 52.5 Å². The summed E-state index contributed by atoms with van der Waals surface area (Å²) in [4.78, 5) is 42.2. The zero-order valence-corrected chi connectivity index (χ0v) is 27.7. The van der Waals surface area contributed by atoms with Crippen LogP contribution in [-0.2, 0) is 9.53 Å². The highest BCUT2D eigenvalue weighted by atomic mass is 19.1. The summed E-state index contributed by atoms with van der Waals surface area (Å²) in [6, 6.07) is 5.47. The van der Waals surface area contributed by atoms with Crippen molar-refractivity contribution in [3.8, 4) is 5.75 Å². The molecule has 10 nitrogen and oxygen atoms in total. The second-order valence-corrected chi connectivity index (χ2v) is 13.2. The lowest BCUT2D eigenvalue weighted by atomic mass is 9.96. The SMILES string of the molecule is COc1cccc(F)c1N1CCC2=C(C1)N(c1c(F)ccnc1C(C)C)C(=C=O)N=C2N1C[C@@H](C)N(C(=O)OC(C)(C)C)C[C@@H]1C. The topological polar surface area (TPSA) is 90.8 Å². The number of nitrogens with zero attached hydrogens (tertiary/aromatic N) is 6. The third-order valence-electron chi connectivity index (χ3n) is 8.42. The molecule has 46 heavy (non-hydrogen) atoms. The van der Waals surface area contributed by atoms with Gasteiger partial charge in [0.1, 0.15) is 34.4 Å². The van der Waals surface area contributed by atoms with Gasteiger partial charge < -0.3 is 24.2 Å². The maximum Gasteiger partial charge on any atom is 0.410 e.